The van der Waals surface area contributed by atoms with E-state index in [-0.39, 0.29) is 34.2 Å². The number of amides is 4. The van der Waals surface area contributed by atoms with E-state index in [1.807, 2.05) is 56.3 Å². The minimum absolute atomic E-state index is 0.185. The summed E-state index contributed by atoms with van der Waals surface area (Å²) in [6.45, 7) is 1.73. The van der Waals surface area contributed by atoms with Crippen molar-refractivity contribution in [3.05, 3.63) is 102 Å². The quantitative estimate of drug-likeness (QED) is 0.0988. The molecule has 2 saturated heterocycles. The first-order valence-electron chi connectivity index (χ1n) is 21.6. The predicted molar refractivity (Wildman–Crippen MR) is 233 cm³/mol. The molecule has 9 rings (SSSR count). The molecule has 0 spiro atoms. The van der Waals surface area contributed by atoms with Gasteiger partial charge in [0, 0.05) is 6.54 Å². The molecule has 4 N–H and O–H groups in total. The Morgan fingerprint density at radius 3 is 2.42 bits per heavy atom. The van der Waals surface area contributed by atoms with Gasteiger partial charge in [0.15, 0.2) is 0 Å². The molecule has 0 bridgehead atoms. The van der Waals surface area contributed by atoms with E-state index in [2.05, 4.69) is 38.8 Å². The van der Waals surface area contributed by atoms with Crippen LogP contribution in [0.3, 0.4) is 0 Å². The topological polar surface area (TPSA) is 193 Å². The Bertz CT molecular complexity index is 2800. The molecule has 6 aromatic rings. The first-order chi connectivity index (χ1) is 31.9. The van der Waals surface area contributed by atoms with Crippen LogP contribution in [0.2, 0.25) is 0 Å². The van der Waals surface area contributed by atoms with Crippen molar-refractivity contribution in [2.45, 2.75) is 74.4 Å². The van der Waals surface area contributed by atoms with E-state index < -0.39 is 58.5 Å². The number of benzene rings is 4. The van der Waals surface area contributed by atoms with E-state index in [1.165, 1.54) is 14.2 Å². The van der Waals surface area contributed by atoms with Gasteiger partial charge in [-0.25, -0.2) is 9.78 Å². The normalized spacial score (nSPS) is 18.9. The van der Waals surface area contributed by atoms with Crippen molar-refractivity contribution in [2.75, 3.05) is 27.3 Å². The molecule has 3 aliphatic heterocycles. The SMILES string of the molecule is COC(=O)N[C@H](C(=O)N1C[C@@H]([I-]OC(F)F)C[C@H]1c1nc2c(ccc3cc4c(cc32)OCc2cc(-c3cnc([C@@H]5CCCN5C(=O)[C@H](NC(=O)OC)c5ccccc5)[nH]3)ccc2-4)[nH]1)C(C)C. The van der Waals surface area contributed by atoms with Gasteiger partial charge < -0.3 is 19.9 Å². The van der Waals surface area contributed by atoms with E-state index in [1.54, 1.807) is 28.1 Å². The molecule has 3 aliphatic rings. The number of fused-ring (bicyclic) bond motifs is 6. The van der Waals surface area contributed by atoms with Gasteiger partial charge in [-0.05, 0) is 30.0 Å². The number of carbonyl (C=O) groups excluding carboxylic acids is 4. The van der Waals surface area contributed by atoms with Gasteiger partial charge in [0.2, 0.25) is 0 Å². The number of hydrogen-bond acceptors (Lipinski definition) is 10. The molecule has 346 valence electrons. The Morgan fingerprint density at radius 2 is 1.67 bits per heavy atom. The van der Waals surface area contributed by atoms with Crippen molar-refractivity contribution in [1.82, 2.24) is 40.4 Å². The van der Waals surface area contributed by atoms with Gasteiger partial charge in [0.1, 0.15) is 11.9 Å². The molecule has 19 heteroatoms. The zero-order valence-corrected chi connectivity index (χ0v) is 38.6. The molecule has 0 radical (unpaired) electrons. The fraction of sp³-hybridized carbons (Fsp3) is 0.362. The van der Waals surface area contributed by atoms with Crippen LogP contribution in [0.1, 0.15) is 74.0 Å². The second-order valence-corrected chi connectivity index (χ2v) is 19.6. The summed E-state index contributed by atoms with van der Waals surface area (Å²) < 4.78 is 46.8. The number of rotatable bonds is 12. The molecule has 2 fully saturated rings. The molecule has 16 nitrogen and oxygen atoms in total. The van der Waals surface area contributed by atoms with E-state index in [9.17, 15) is 28.0 Å². The molecular weight excluding hydrogens is 969 g/mol. The van der Waals surface area contributed by atoms with Crippen LogP contribution < -0.4 is 37.0 Å². The third kappa shape index (κ3) is 8.84. The second-order valence-electron chi connectivity index (χ2n) is 16.8. The maximum atomic E-state index is 14.1. The summed E-state index contributed by atoms with van der Waals surface area (Å²) in [6, 6.07) is 20.5. The van der Waals surface area contributed by atoms with Crippen LogP contribution in [-0.2, 0) is 28.7 Å². The van der Waals surface area contributed by atoms with Gasteiger partial charge in [-0.1, -0.05) is 36.4 Å². The van der Waals surface area contributed by atoms with E-state index in [0.29, 0.717) is 54.5 Å². The maximum absolute atomic E-state index is 14.1. The number of carbonyl (C=O) groups is 4. The number of alkyl carbamates (subject to hydrolysis) is 2. The number of halogens is 3. The van der Waals surface area contributed by atoms with Gasteiger partial charge in [-0.3, -0.25) is 4.79 Å². The Kier molecular flexibility index (Phi) is 12.8. The van der Waals surface area contributed by atoms with Crippen molar-refractivity contribution in [2.24, 2.45) is 5.92 Å². The zero-order chi connectivity index (χ0) is 46.2. The molecule has 0 saturated carbocycles. The monoisotopic (exact) mass is 1020 g/mol. The van der Waals surface area contributed by atoms with Crippen molar-refractivity contribution in [3.8, 4) is 28.1 Å². The first kappa shape index (κ1) is 44.8. The van der Waals surface area contributed by atoms with Crippen LogP contribution in [0.4, 0.5) is 18.4 Å². The Labute approximate surface area is 388 Å². The molecular formula is C47H48F2IN8O8-. The number of H-pyrrole nitrogens is 2. The van der Waals surface area contributed by atoms with Gasteiger partial charge in [0.25, 0.3) is 5.91 Å². The summed E-state index contributed by atoms with van der Waals surface area (Å²) in [5, 5.41) is 7.10. The van der Waals surface area contributed by atoms with E-state index in [0.717, 1.165) is 50.7 Å². The standard InChI is InChI=1S/C47H48F2IN8O8/c1-24(2)38(55-46(61)63-3)43(59)58-22-29(50-66-45(48)49)19-36(58)42-52-33-15-13-26-18-32-30-14-12-27(17-28(30)23-65-37(32)20-31(26)40(33)54-42)34-21-51-41(53-34)35-11-8-16-57(35)44(60)39(56-47(62)64-4)25-9-6-5-7-10-25/h5-7,9-10,12-15,17-18,20-21,24,29,35-36,38-39,45H,8,11,16,19,22-23H2,1-4H3,(H,51,53)(H,52,54)(H,55,61)(H,56,62)/q-1/t29-,35-,36-,38-,39+/m0/s1. The van der Waals surface area contributed by atoms with Crippen LogP contribution in [0.25, 0.3) is 44.2 Å². The van der Waals surface area contributed by atoms with Crippen LogP contribution in [-0.4, -0.2) is 97.6 Å². The summed E-state index contributed by atoms with van der Waals surface area (Å²) in [7, 11) is 2.49. The Balaban J connectivity index is 0.967. The fourth-order valence-electron chi connectivity index (χ4n) is 9.22. The average molecular weight is 1020 g/mol. The number of imidazole rings is 2. The molecule has 2 aromatic heterocycles. The summed E-state index contributed by atoms with van der Waals surface area (Å²) in [6.07, 6.45) is 2.19. The van der Waals surface area contributed by atoms with Gasteiger partial charge in [-0.2, -0.15) is 0 Å². The van der Waals surface area contributed by atoms with Crippen LogP contribution in [0.5, 0.6) is 5.75 Å². The summed E-state index contributed by atoms with van der Waals surface area (Å²) in [5.74, 6) is 0.963. The number of methoxy groups -OCH3 is 2. The number of aromatic amines is 2. The Hall–Kier alpha value is -6.35. The van der Waals surface area contributed by atoms with E-state index >= 15 is 0 Å². The van der Waals surface area contributed by atoms with Crippen LogP contribution in [0.15, 0.2) is 79.0 Å². The fourth-order valence-corrected chi connectivity index (χ4v) is 11.1. The first-order valence-corrected chi connectivity index (χ1v) is 23.7. The van der Waals surface area contributed by atoms with Crippen LogP contribution >= 0.6 is 0 Å². The van der Waals surface area contributed by atoms with Crippen molar-refractivity contribution < 1.29 is 66.9 Å². The number of ether oxygens (including phenoxy) is 3. The zero-order valence-electron chi connectivity index (χ0n) is 36.5. The second kappa shape index (κ2) is 18.9. The predicted octanol–water partition coefficient (Wildman–Crippen LogP) is 4.69. The molecule has 0 unspecified atom stereocenters. The molecule has 4 aromatic carbocycles. The molecule has 66 heavy (non-hydrogen) atoms. The molecule has 5 atom stereocenters. The Morgan fingerprint density at radius 1 is 0.879 bits per heavy atom. The number of nitrogens with zero attached hydrogens (tertiary/aromatic N) is 4. The summed E-state index contributed by atoms with van der Waals surface area (Å²) >= 11 is -1.41. The summed E-state index contributed by atoms with van der Waals surface area (Å²) in [4.78, 5) is 72.6. The number of alkyl halides is 3. The molecule has 0 aliphatic carbocycles. The van der Waals surface area contributed by atoms with Gasteiger partial charge >= 0.3 is 240 Å². The number of likely N-dealkylation sites (tertiary alicyclic amines) is 2. The van der Waals surface area contributed by atoms with Gasteiger partial charge in [-0.15, -0.1) is 0 Å². The summed E-state index contributed by atoms with van der Waals surface area (Å²) in [5.41, 5.74) is 6.67. The minimum atomic E-state index is -2.90. The van der Waals surface area contributed by atoms with Crippen molar-refractivity contribution in [3.63, 3.8) is 0 Å². The van der Waals surface area contributed by atoms with Crippen LogP contribution in [0, 0.1) is 5.92 Å². The van der Waals surface area contributed by atoms with Gasteiger partial charge in [0.05, 0.1) is 25.0 Å². The molecule has 5 heterocycles. The number of aromatic nitrogens is 4. The molecule has 4 amide bonds. The third-order valence-corrected chi connectivity index (χ3v) is 14.7. The van der Waals surface area contributed by atoms with Crippen molar-refractivity contribution in [1.29, 1.82) is 0 Å². The third-order valence-electron chi connectivity index (χ3n) is 12.4. The number of hydrogen-bond donors (Lipinski definition) is 4. The van der Waals surface area contributed by atoms with Crippen molar-refractivity contribution >= 4 is 45.8 Å². The average Bonchev–Trinajstić information content (AvgIpc) is 4.17. The number of nitrogens with one attached hydrogen (secondary N) is 4. The van der Waals surface area contributed by atoms with E-state index in [4.69, 9.17) is 27.2 Å².